The molecule has 0 fully saturated rings. The molecule has 0 bridgehead atoms. The lowest BCUT2D eigenvalue weighted by Crippen LogP contribution is -1.94. The maximum absolute atomic E-state index is 10.5. The smallest absolute Gasteiger partial charge is 0.371 e. The summed E-state index contributed by atoms with van der Waals surface area (Å²) in [4.78, 5) is 10.5. The number of hydrogen-bond acceptors (Lipinski definition) is 3. The fourth-order valence-corrected chi connectivity index (χ4v) is 0.965. The van der Waals surface area contributed by atoms with Gasteiger partial charge < -0.3 is 9.52 Å². The summed E-state index contributed by atoms with van der Waals surface area (Å²) < 4.78 is 6.44. The van der Waals surface area contributed by atoms with Crippen molar-refractivity contribution in [1.82, 2.24) is 9.78 Å². The SMILES string of the molecule is O=C(O)c1ccc(-n2cccn2)o1. The molecule has 2 aromatic heterocycles. The van der Waals surface area contributed by atoms with Crippen molar-refractivity contribution >= 4 is 5.97 Å². The summed E-state index contributed by atoms with van der Waals surface area (Å²) >= 11 is 0. The third-order valence-electron chi connectivity index (χ3n) is 1.53. The van der Waals surface area contributed by atoms with E-state index < -0.39 is 5.97 Å². The molecular formula is C8H6N2O3. The van der Waals surface area contributed by atoms with Crippen LogP contribution in [0.3, 0.4) is 0 Å². The molecule has 2 aromatic rings. The monoisotopic (exact) mass is 178 g/mol. The molecule has 0 atom stereocenters. The Bertz CT molecular complexity index is 416. The number of carboxylic acids is 1. The summed E-state index contributed by atoms with van der Waals surface area (Å²) in [6.45, 7) is 0. The first kappa shape index (κ1) is 7.60. The second-order valence-corrected chi connectivity index (χ2v) is 2.39. The van der Waals surface area contributed by atoms with Crippen molar-refractivity contribution in [3.63, 3.8) is 0 Å². The molecule has 0 saturated carbocycles. The molecule has 0 radical (unpaired) electrons. The van der Waals surface area contributed by atoms with Crippen LogP contribution in [0.5, 0.6) is 0 Å². The molecule has 1 N–H and O–H groups in total. The third kappa shape index (κ3) is 1.31. The van der Waals surface area contributed by atoms with E-state index in [1.54, 1.807) is 24.5 Å². The van der Waals surface area contributed by atoms with Crippen LogP contribution in [-0.4, -0.2) is 20.9 Å². The van der Waals surface area contributed by atoms with Crippen LogP contribution in [0.15, 0.2) is 35.0 Å². The van der Waals surface area contributed by atoms with E-state index in [-0.39, 0.29) is 5.76 Å². The Kier molecular flexibility index (Phi) is 1.63. The zero-order valence-corrected chi connectivity index (χ0v) is 6.54. The maximum atomic E-state index is 10.5. The van der Waals surface area contributed by atoms with Crippen molar-refractivity contribution in [2.45, 2.75) is 0 Å². The molecule has 66 valence electrons. The van der Waals surface area contributed by atoms with Crippen LogP contribution >= 0.6 is 0 Å². The van der Waals surface area contributed by atoms with Gasteiger partial charge in [0.1, 0.15) is 0 Å². The summed E-state index contributed by atoms with van der Waals surface area (Å²) in [6.07, 6.45) is 3.26. The second-order valence-electron chi connectivity index (χ2n) is 2.39. The molecule has 5 nitrogen and oxygen atoms in total. The van der Waals surface area contributed by atoms with Gasteiger partial charge in [-0.15, -0.1) is 0 Å². The van der Waals surface area contributed by atoms with Crippen LogP contribution in [0, 0.1) is 0 Å². The van der Waals surface area contributed by atoms with Crippen LogP contribution in [0.1, 0.15) is 10.6 Å². The molecule has 0 aliphatic rings. The number of aromatic carboxylic acids is 1. The number of carboxylic acid groups (broad SMARTS) is 1. The number of hydrogen-bond donors (Lipinski definition) is 1. The highest BCUT2D eigenvalue weighted by Crippen LogP contribution is 2.11. The van der Waals surface area contributed by atoms with Gasteiger partial charge in [-0.1, -0.05) is 0 Å². The molecule has 0 spiro atoms. The molecule has 0 amide bonds. The zero-order valence-electron chi connectivity index (χ0n) is 6.54. The summed E-state index contributed by atoms with van der Waals surface area (Å²) in [5.74, 6) is -0.786. The molecule has 2 rings (SSSR count). The van der Waals surface area contributed by atoms with Gasteiger partial charge in [0.25, 0.3) is 0 Å². The van der Waals surface area contributed by atoms with Gasteiger partial charge in [-0.25, -0.2) is 9.48 Å². The summed E-state index contributed by atoms with van der Waals surface area (Å²) in [7, 11) is 0. The van der Waals surface area contributed by atoms with E-state index >= 15 is 0 Å². The Morgan fingerprint density at radius 2 is 2.38 bits per heavy atom. The Hall–Kier alpha value is -2.04. The van der Waals surface area contributed by atoms with E-state index in [2.05, 4.69) is 5.10 Å². The minimum absolute atomic E-state index is 0.0921. The van der Waals surface area contributed by atoms with Gasteiger partial charge in [0.2, 0.25) is 11.6 Å². The molecule has 0 aliphatic carbocycles. The first-order valence-electron chi connectivity index (χ1n) is 3.60. The van der Waals surface area contributed by atoms with E-state index in [1.165, 1.54) is 10.7 Å². The normalized spacial score (nSPS) is 10.2. The van der Waals surface area contributed by atoms with E-state index in [9.17, 15) is 4.79 Å². The Balaban J connectivity index is 2.39. The third-order valence-corrected chi connectivity index (χ3v) is 1.53. The van der Waals surface area contributed by atoms with E-state index in [1.807, 2.05) is 0 Å². The quantitative estimate of drug-likeness (QED) is 0.749. The lowest BCUT2D eigenvalue weighted by molar-refractivity contribution is 0.0662. The lowest BCUT2D eigenvalue weighted by atomic mass is 10.5. The van der Waals surface area contributed by atoms with Crippen molar-refractivity contribution < 1.29 is 14.3 Å². The number of nitrogens with zero attached hydrogens (tertiary/aromatic N) is 2. The summed E-state index contributed by atoms with van der Waals surface area (Å²) in [5, 5.41) is 12.5. The molecule has 0 saturated heterocycles. The van der Waals surface area contributed by atoms with E-state index in [4.69, 9.17) is 9.52 Å². The molecule has 5 heteroatoms. The minimum Gasteiger partial charge on any atom is -0.475 e. The van der Waals surface area contributed by atoms with E-state index in [0.717, 1.165) is 0 Å². The van der Waals surface area contributed by atoms with Gasteiger partial charge >= 0.3 is 5.97 Å². The van der Waals surface area contributed by atoms with Crippen molar-refractivity contribution in [1.29, 1.82) is 0 Å². The first-order valence-corrected chi connectivity index (χ1v) is 3.60. The van der Waals surface area contributed by atoms with Gasteiger partial charge in [-0.2, -0.15) is 5.10 Å². The van der Waals surface area contributed by atoms with E-state index in [0.29, 0.717) is 5.88 Å². The molecule has 0 unspecified atom stereocenters. The van der Waals surface area contributed by atoms with Crippen LogP contribution in [0.25, 0.3) is 5.88 Å². The van der Waals surface area contributed by atoms with Crippen LogP contribution in [0.2, 0.25) is 0 Å². The Morgan fingerprint density at radius 3 is 2.92 bits per heavy atom. The first-order chi connectivity index (χ1) is 6.27. The van der Waals surface area contributed by atoms with Crippen LogP contribution < -0.4 is 0 Å². The fraction of sp³-hybridized carbons (Fsp3) is 0. The maximum Gasteiger partial charge on any atom is 0.371 e. The average molecular weight is 178 g/mol. The number of carbonyl (C=O) groups is 1. The predicted molar refractivity (Wildman–Crippen MR) is 42.8 cm³/mol. The van der Waals surface area contributed by atoms with Crippen molar-refractivity contribution in [3.8, 4) is 5.88 Å². The van der Waals surface area contributed by atoms with Crippen LogP contribution in [0.4, 0.5) is 0 Å². The second kappa shape index (κ2) is 2.78. The topological polar surface area (TPSA) is 68.3 Å². The average Bonchev–Trinajstić information content (AvgIpc) is 2.75. The molecule has 2 heterocycles. The van der Waals surface area contributed by atoms with Gasteiger partial charge in [0, 0.05) is 18.5 Å². The highest BCUT2D eigenvalue weighted by molar-refractivity contribution is 5.84. The Morgan fingerprint density at radius 1 is 1.54 bits per heavy atom. The van der Waals surface area contributed by atoms with Crippen molar-refractivity contribution in [2.75, 3.05) is 0 Å². The van der Waals surface area contributed by atoms with Gasteiger partial charge in [-0.05, 0) is 12.1 Å². The van der Waals surface area contributed by atoms with Gasteiger partial charge in [0.05, 0.1) is 0 Å². The molecule has 0 aromatic carbocycles. The molecular weight excluding hydrogens is 172 g/mol. The number of furan rings is 1. The van der Waals surface area contributed by atoms with Gasteiger partial charge in [0.15, 0.2) is 0 Å². The summed E-state index contributed by atoms with van der Waals surface area (Å²) in [6, 6.07) is 4.67. The van der Waals surface area contributed by atoms with Crippen molar-refractivity contribution in [2.24, 2.45) is 0 Å². The number of aromatic nitrogens is 2. The predicted octanol–water partition coefficient (Wildman–Crippen LogP) is 1.16. The molecule has 0 aliphatic heterocycles. The Labute approximate surface area is 73.2 Å². The highest BCUT2D eigenvalue weighted by atomic mass is 16.4. The lowest BCUT2D eigenvalue weighted by Gasteiger charge is -1.92. The van der Waals surface area contributed by atoms with Crippen molar-refractivity contribution in [3.05, 3.63) is 36.4 Å². The summed E-state index contributed by atoms with van der Waals surface area (Å²) in [5.41, 5.74) is 0. The van der Waals surface area contributed by atoms with Crippen LogP contribution in [-0.2, 0) is 0 Å². The standard InChI is InChI=1S/C8H6N2O3/c11-8(12)6-2-3-7(13-6)10-5-1-4-9-10/h1-5H,(H,11,12). The highest BCUT2D eigenvalue weighted by Gasteiger charge is 2.09. The van der Waals surface area contributed by atoms with Gasteiger partial charge in [-0.3, -0.25) is 0 Å². The largest absolute Gasteiger partial charge is 0.475 e. The molecule has 13 heavy (non-hydrogen) atoms. The number of rotatable bonds is 2. The fourth-order valence-electron chi connectivity index (χ4n) is 0.965. The zero-order chi connectivity index (χ0) is 9.26. The minimum atomic E-state index is -1.08.